The number of hydrogen-bond acceptors (Lipinski definition) is 1. The van der Waals surface area contributed by atoms with Crippen LogP contribution in [0.15, 0.2) is 176 Å². The van der Waals surface area contributed by atoms with Crippen molar-refractivity contribution in [1.82, 2.24) is 0 Å². The van der Waals surface area contributed by atoms with Gasteiger partial charge in [0.1, 0.15) is 0 Å². The van der Waals surface area contributed by atoms with Crippen LogP contribution in [-0.2, 0) is 5.41 Å². The van der Waals surface area contributed by atoms with Crippen molar-refractivity contribution < 1.29 is 0 Å². The molecule has 0 heterocycles. The summed E-state index contributed by atoms with van der Waals surface area (Å²) < 4.78 is 0. The molecule has 7 aromatic rings. The summed E-state index contributed by atoms with van der Waals surface area (Å²) in [6.07, 6.45) is 7.80. The number of anilines is 3. The van der Waals surface area contributed by atoms with Gasteiger partial charge in [0, 0.05) is 22.5 Å². The van der Waals surface area contributed by atoms with Crippen molar-refractivity contribution in [2.24, 2.45) is 0 Å². The maximum atomic E-state index is 2.44. The second-order valence-corrected chi connectivity index (χ2v) is 16.4. The van der Waals surface area contributed by atoms with Gasteiger partial charge in [0.15, 0.2) is 0 Å². The van der Waals surface area contributed by atoms with E-state index in [-0.39, 0.29) is 5.41 Å². The molecule has 0 spiro atoms. The van der Waals surface area contributed by atoms with E-state index in [0.29, 0.717) is 5.92 Å². The van der Waals surface area contributed by atoms with Crippen LogP contribution in [0.25, 0.3) is 44.5 Å². The summed E-state index contributed by atoms with van der Waals surface area (Å²) in [6, 6.07) is 61.1. The van der Waals surface area contributed by atoms with Gasteiger partial charge < -0.3 is 4.90 Å². The van der Waals surface area contributed by atoms with Crippen molar-refractivity contribution in [1.29, 1.82) is 0 Å². The number of allylic oxidation sites excluding steroid dienone is 4. The van der Waals surface area contributed by atoms with E-state index in [1.54, 1.807) is 0 Å². The second kappa shape index (κ2) is 15.1. The van der Waals surface area contributed by atoms with Crippen LogP contribution in [0.5, 0.6) is 0 Å². The fraction of sp³-hybridized carbons (Fsp3) is 0.179. The zero-order valence-electron chi connectivity index (χ0n) is 33.9. The van der Waals surface area contributed by atoms with Crippen LogP contribution in [0, 0.1) is 6.92 Å². The molecular weight excluding hydrogens is 687 g/mol. The summed E-state index contributed by atoms with van der Waals surface area (Å²) in [5.41, 5.74) is 22.1. The third-order valence-corrected chi connectivity index (χ3v) is 12.6. The summed E-state index contributed by atoms with van der Waals surface area (Å²) in [6.45, 7) is 11.6. The van der Waals surface area contributed by atoms with Crippen molar-refractivity contribution >= 4 is 28.2 Å². The van der Waals surface area contributed by atoms with Gasteiger partial charge in [0.05, 0.1) is 0 Å². The second-order valence-electron chi connectivity index (χ2n) is 16.4. The molecule has 2 aliphatic carbocycles. The Morgan fingerprint density at radius 2 is 1.14 bits per heavy atom. The van der Waals surface area contributed by atoms with Gasteiger partial charge in [-0.3, -0.25) is 0 Å². The van der Waals surface area contributed by atoms with E-state index in [0.717, 1.165) is 30.6 Å². The van der Waals surface area contributed by atoms with Gasteiger partial charge in [-0.05, 0) is 146 Å². The number of hydrogen-bond donors (Lipinski definition) is 0. The molecule has 2 aliphatic rings. The lowest BCUT2D eigenvalue weighted by Crippen LogP contribution is -2.16. The molecule has 0 bridgehead atoms. The Hall–Kier alpha value is -6.18. The van der Waals surface area contributed by atoms with Crippen LogP contribution >= 0.6 is 0 Å². The standard InChI is InChI=1S/C56H51N/c1-6-38(2)55-49(24-16-25-52(55)46-20-11-10-17-39(46)3)42-29-33-44(34-30-42)57(45-35-36-51-50-23-14-15-26-53(50)56(4,5)54(51)37-45)43-31-27-41(28-32-43)48-22-13-12-21-47(48)40-18-8-7-9-19-40/h7-12,14-21,23-38H,6,13,22H2,1-5H3. The molecule has 7 aromatic carbocycles. The Labute approximate surface area is 339 Å². The molecule has 0 N–H and O–H groups in total. The lowest BCUT2D eigenvalue weighted by molar-refractivity contribution is 0.660. The molecular formula is C56H51N. The molecule has 0 aliphatic heterocycles. The number of aryl methyl sites for hydroxylation is 1. The minimum absolute atomic E-state index is 0.0926. The monoisotopic (exact) mass is 737 g/mol. The van der Waals surface area contributed by atoms with Gasteiger partial charge in [-0.2, -0.15) is 0 Å². The van der Waals surface area contributed by atoms with Gasteiger partial charge in [0.2, 0.25) is 0 Å². The van der Waals surface area contributed by atoms with Crippen LogP contribution in [0.3, 0.4) is 0 Å². The van der Waals surface area contributed by atoms with Crippen molar-refractivity contribution in [3.05, 3.63) is 209 Å². The summed E-state index contributed by atoms with van der Waals surface area (Å²) >= 11 is 0. The van der Waals surface area contributed by atoms with E-state index in [1.165, 1.54) is 83.6 Å². The molecule has 9 rings (SSSR count). The highest BCUT2D eigenvalue weighted by Gasteiger charge is 2.35. The molecule has 0 aromatic heterocycles. The first kappa shape index (κ1) is 36.5. The third-order valence-electron chi connectivity index (χ3n) is 12.6. The largest absolute Gasteiger partial charge is 0.310 e. The third kappa shape index (κ3) is 6.56. The Morgan fingerprint density at radius 3 is 1.86 bits per heavy atom. The van der Waals surface area contributed by atoms with Gasteiger partial charge in [-0.15, -0.1) is 0 Å². The lowest BCUT2D eigenvalue weighted by Gasteiger charge is -2.29. The Kier molecular flexibility index (Phi) is 9.63. The number of fused-ring (bicyclic) bond motifs is 3. The van der Waals surface area contributed by atoms with Crippen molar-refractivity contribution in [3.8, 4) is 33.4 Å². The highest BCUT2D eigenvalue weighted by molar-refractivity contribution is 5.97. The zero-order chi connectivity index (χ0) is 39.1. The molecule has 1 nitrogen and oxygen atoms in total. The van der Waals surface area contributed by atoms with Crippen molar-refractivity contribution in [2.75, 3.05) is 4.90 Å². The predicted molar refractivity (Wildman–Crippen MR) is 245 cm³/mol. The Morgan fingerprint density at radius 1 is 0.544 bits per heavy atom. The normalized spacial score (nSPS) is 14.6. The number of benzene rings is 7. The van der Waals surface area contributed by atoms with Crippen LogP contribution in [0.4, 0.5) is 17.1 Å². The predicted octanol–water partition coefficient (Wildman–Crippen LogP) is 15.9. The fourth-order valence-electron chi connectivity index (χ4n) is 9.39. The minimum Gasteiger partial charge on any atom is -0.310 e. The molecule has 0 amide bonds. The zero-order valence-corrected chi connectivity index (χ0v) is 33.9. The lowest BCUT2D eigenvalue weighted by atomic mass is 9.82. The van der Waals surface area contributed by atoms with Gasteiger partial charge in [-0.1, -0.05) is 167 Å². The van der Waals surface area contributed by atoms with Crippen molar-refractivity contribution in [3.63, 3.8) is 0 Å². The molecule has 0 saturated heterocycles. The molecule has 280 valence electrons. The number of rotatable bonds is 9. The van der Waals surface area contributed by atoms with Crippen molar-refractivity contribution in [2.45, 2.75) is 65.2 Å². The summed E-state index contributed by atoms with van der Waals surface area (Å²) in [5.74, 6) is 0.418. The number of nitrogens with zero attached hydrogens (tertiary/aromatic N) is 1. The molecule has 0 fully saturated rings. The highest BCUT2D eigenvalue weighted by atomic mass is 15.1. The van der Waals surface area contributed by atoms with Gasteiger partial charge in [-0.25, -0.2) is 0 Å². The fourth-order valence-corrected chi connectivity index (χ4v) is 9.39. The quantitative estimate of drug-likeness (QED) is 0.143. The molecule has 1 unspecified atom stereocenters. The topological polar surface area (TPSA) is 3.24 Å². The molecule has 1 atom stereocenters. The van der Waals surface area contributed by atoms with Gasteiger partial charge >= 0.3 is 0 Å². The maximum Gasteiger partial charge on any atom is 0.0465 e. The Bertz CT molecular complexity index is 2640. The van der Waals surface area contributed by atoms with Gasteiger partial charge in [0.25, 0.3) is 0 Å². The molecule has 0 saturated carbocycles. The van der Waals surface area contributed by atoms with E-state index in [4.69, 9.17) is 0 Å². The first-order valence-electron chi connectivity index (χ1n) is 20.7. The van der Waals surface area contributed by atoms with E-state index in [1.807, 2.05) is 0 Å². The first-order valence-corrected chi connectivity index (χ1v) is 20.7. The van der Waals surface area contributed by atoms with Crippen LogP contribution in [0.1, 0.15) is 86.3 Å². The molecule has 57 heavy (non-hydrogen) atoms. The Balaban J connectivity index is 1.16. The smallest absolute Gasteiger partial charge is 0.0465 e. The maximum absolute atomic E-state index is 2.44. The van der Waals surface area contributed by atoms with E-state index >= 15 is 0 Å². The first-order chi connectivity index (χ1) is 27.8. The van der Waals surface area contributed by atoms with E-state index in [2.05, 4.69) is 215 Å². The van der Waals surface area contributed by atoms with Crippen LogP contribution < -0.4 is 4.90 Å². The molecule has 0 radical (unpaired) electrons. The SMILES string of the molecule is CCC(C)c1c(-c2ccc(N(c3ccc(C4=C(c5ccccc5)C=CCC4)cc3)c3ccc4c(c3)C(C)(C)c3ccccc3-4)cc2)cccc1-c1ccccc1C. The minimum atomic E-state index is -0.0926. The average Bonchev–Trinajstić information content (AvgIpc) is 3.49. The van der Waals surface area contributed by atoms with Crippen LogP contribution in [-0.4, -0.2) is 0 Å². The average molecular weight is 738 g/mol. The van der Waals surface area contributed by atoms with E-state index in [9.17, 15) is 0 Å². The summed E-state index contributed by atoms with van der Waals surface area (Å²) in [4.78, 5) is 2.44. The van der Waals surface area contributed by atoms with E-state index < -0.39 is 0 Å². The summed E-state index contributed by atoms with van der Waals surface area (Å²) in [7, 11) is 0. The van der Waals surface area contributed by atoms with Crippen LogP contribution in [0.2, 0.25) is 0 Å². The summed E-state index contributed by atoms with van der Waals surface area (Å²) in [5, 5.41) is 0. The highest BCUT2D eigenvalue weighted by Crippen LogP contribution is 2.51. The molecule has 1 heteroatoms.